The molecule has 2 heterocycles. The molecule has 2 N–H and O–H groups in total. The Hall–Kier alpha value is -4.29. The Bertz CT molecular complexity index is 1780. The molecule has 0 radical (unpaired) electrons. The van der Waals surface area contributed by atoms with Gasteiger partial charge in [-0.1, -0.05) is 72.8 Å². The minimum atomic E-state index is -5.05. The molecule has 2 aliphatic rings. The number of ether oxygens (including phenoxy) is 2. The zero-order valence-corrected chi connectivity index (χ0v) is 27.4. The van der Waals surface area contributed by atoms with Gasteiger partial charge in [0.1, 0.15) is 6.04 Å². The summed E-state index contributed by atoms with van der Waals surface area (Å²) in [5.74, 6) is -2.69. The van der Waals surface area contributed by atoms with Gasteiger partial charge in [0.25, 0.3) is 0 Å². The molecule has 0 aliphatic carbocycles. The topological polar surface area (TPSA) is 91.3 Å². The van der Waals surface area contributed by atoms with Gasteiger partial charge in [-0.15, -0.1) is 0 Å². The van der Waals surface area contributed by atoms with Crippen molar-refractivity contribution in [3.8, 4) is 0 Å². The Morgan fingerprint density at radius 1 is 0.959 bits per heavy atom. The van der Waals surface area contributed by atoms with Gasteiger partial charge >= 0.3 is 12.1 Å². The molecule has 2 amide bonds. The Kier molecular flexibility index (Phi) is 10.4. The number of hydrogen-bond acceptors (Lipinski definition) is 6. The smallest absolute Gasteiger partial charge is 0.392 e. The predicted molar refractivity (Wildman–Crippen MR) is 179 cm³/mol. The Morgan fingerprint density at radius 3 is 2.45 bits per heavy atom. The van der Waals surface area contributed by atoms with Crippen LogP contribution in [0.15, 0.2) is 91.0 Å². The molecular weight excluding hydrogens is 635 g/mol. The van der Waals surface area contributed by atoms with Crippen LogP contribution >= 0.6 is 0 Å². The van der Waals surface area contributed by atoms with Gasteiger partial charge in [-0.05, 0) is 72.5 Å². The third-order valence-corrected chi connectivity index (χ3v) is 9.51. The van der Waals surface area contributed by atoms with E-state index in [0.29, 0.717) is 35.5 Å². The molecule has 0 aromatic heterocycles. The number of anilines is 1. The number of nitrogens with one attached hydrogen (secondary N) is 1. The summed E-state index contributed by atoms with van der Waals surface area (Å²) in [6.45, 7) is 2.56. The van der Waals surface area contributed by atoms with E-state index in [1.54, 1.807) is 18.2 Å². The maximum atomic E-state index is 13.1. The maximum Gasteiger partial charge on any atom is 0.471 e. The zero-order valence-electron chi connectivity index (χ0n) is 27.4. The molecule has 49 heavy (non-hydrogen) atoms. The number of hydrogen-bond donors (Lipinski definition) is 2. The molecule has 4 aromatic carbocycles. The monoisotopic (exact) mass is 675 g/mol. The second-order valence-corrected chi connectivity index (χ2v) is 12.8. The van der Waals surface area contributed by atoms with Crippen LogP contribution < -0.4 is 5.32 Å². The number of carbonyl (C=O) groups excluding carboxylic acids is 2. The van der Waals surface area contributed by atoms with Crippen LogP contribution in [-0.2, 0) is 25.7 Å². The van der Waals surface area contributed by atoms with Gasteiger partial charge in [0, 0.05) is 36.8 Å². The molecule has 4 aromatic rings. The number of aliphatic hydroxyl groups excluding tert-OH is 1. The van der Waals surface area contributed by atoms with Gasteiger partial charge in [0.05, 0.1) is 18.8 Å². The summed E-state index contributed by atoms with van der Waals surface area (Å²) in [7, 11) is 2.06. The molecule has 5 atom stereocenters. The van der Waals surface area contributed by atoms with E-state index in [9.17, 15) is 27.9 Å². The van der Waals surface area contributed by atoms with Crippen LogP contribution in [0, 0.1) is 0 Å². The van der Waals surface area contributed by atoms with Crippen LogP contribution in [0.3, 0.4) is 0 Å². The number of halogens is 3. The lowest BCUT2D eigenvalue weighted by atomic mass is 9.98. The van der Waals surface area contributed by atoms with E-state index in [2.05, 4.69) is 54.5 Å². The predicted octanol–water partition coefficient (Wildman–Crippen LogP) is 7.06. The molecule has 6 rings (SSSR count). The van der Waals surface area contributed by atoms with Crippen molar-refractivity contribution in [3.05, 3.63) is 113 Å². The standard InChI is InChI=1S/C38H40F3N3O5/c1-24(28-17-16-26-7-3-4-8-29(26)19-28)43(2)22-32-21-34(27-14-12-25(23-45)13-15-27)49-36(48-32)30-9-5-10-31(20-30)42-35(46)33-11-6-18-44(33)37(47)38(39,40)41/h3-5,7-10,12-17,19-20,24,32-34,36,45H,6,11,18,21-23H2,1-2H3,(H,42,46). The lowest BCUT2D eigenvalue weighted by molar-refractivity contribution is -0.253. The normalized spacial score (nSPS) is 22.0. The Balaban J connectivity index is 1.20. The Labute approximate surface area is 283 Å². The average molecular weight is 676 g/mol. The van der Waals surface area contributed by atoms with E-state index in [1.165, 1.54) is 16.3 Å². The highest BCUT2D eigenvalue weighted by Crippen LogP contribution is 2.39. The van der Waals surface area contributed by atoms with Gasteiger partial charge in [-0.3, -0.25) is 14.5 Å². The maximum absolute atomic E-state index is 13.1. The molecule has 2 aliphatic heterocycles. The van der Waals surface area contributed by atoms with Gasteiger partial charge in [0.2, 0.25) is 5.91 Å². The summed E-state index contributed by atoms with van der Waals surface area (Å²) in [5.41, 5.74) is 3.88. The number of fused-ring (bicyclic) bond motifs is 1. The number of amides is 2. The van der Waals surface area contributed by atoms with Gasteiger partial charge in [-0.25, -0.2) is 0 Å². The third-order valence-electron chi connectivity index (χ3n) is 9.51. The lowest BCUT2D eigenvalue weighted by Gasteiger charge is -2.39. The highest BCUT2D eigenvalue weighted by Gasteiger charge is 2.47. The number of benzene rings is 4. The fraction of sp³-hybridized carbons (Fsp3) is 0.368. The second kappa shape index (κ2) is 14.7. The number of likely N-dealkylation sites (tertiary alicyclic amines) is 1. The first kappa shape index (κ1) is 34.6. The first-order valence-corrected chi connectivity index (χ1v) is 16.5. The zero-order chi connectivity index (χ0) is 34.7. The summed E-state index contributed by atoms with van der Waals surface area (Å²) in [6, 6.07) is 28.0. The van der Waals surface area contributed by atoms with Crippen LogP contribution in [0.5, 0.6) is 0 Å². The number of carbonyl (C=O) groups is 2. The van der Waals surface area contributed by atoms with E-state index in [4.69, 9.17) is 9.47 Å². The summed E-state index contributed by atoms with van der Waals surface area (Å²) in [6.07, 6.45) is -5.41. The molecule has 258 valence electrons. The molecule has 5 unspecified atom stereocenters. The number of rotatable bonds is 9. The van der Waals surface area contributed by atoms with E-state index >= 15 is 0 Å². The van der Waals surface area contributed by atoms with Crippen LogP contribution in [0.25, 0.3) is 10.8 Å². The molecule has 2 fully saturated rings. The molecule has 0 saturated carbocycles. The van der Waals surface area contributed by atoms with Crippen LogP contribution in [0.1, 0.15) is 66.9 Å². The van der Waals surface area contributed by atoms with E-state index in [1.807, 2.05) is 42.5 Å². The Morgan fingerprint density at radius 2 is 1.71 bits per heavy atom. The van der Waals surface area contributed by atoms with Crippen LogP contribution in [-0.4, -0.2) is 65.2 Å². The van der Waals surface area contributed by atoms with Gasteiger partial charge < -0.3 is 24.8 Å². The summed E-state index contributed by atoms with van der Waals surface area (Å²) in [4.78, 5) is 27.9. The first-order valence-electron chi connectivity index (χ1n) is 16.5. The van der Waals surface area contributed by atoms with E-state index in [0.717, 1.165) is 11.1 Å². The lowest BCUT2D eigenvalue weighted by Crippen LogP contribution is -2.48. The van der Waals surface area contributed by atoms with Crippen molar-refractivity contribution < 1.29 is 37.3 Å². The van der Waals surface area contributed by atoms with Crippen molar-refractivity contribution in [2.75, 3.05) is 25.5 Å². The third kappa shape index (κ3) is 7.96. The second-order valence-electron chi connectivity index (χ2n) is 12.8. The molecule has 0 bridgehead atoms. The fourth-order valence-electron chi connectivity index (χ4n) is 6.67. The average Bonchev–Trinajstić information content (AvgIpc) is 3.60. The molecule has 8 nitrogen and oxygen atoms in total. The van der Waals surface area contributed by atoms with E-state index in [-0.39, 0.29) is 37.8 Å². The van der Waals surface area contributed by atoms with Gasteiger partial charge in [0.15, 0.2) is 6.29 Å². The highest BCUT2D eigenvalue weighted by molar-refractivity contribution is 5.98. The number of alkyl halides is 3. The fourth-order valence-corrected chi connectivity index (χ4v) is 6.67. The molecular formula is C38H40F3N3O5. The van der Waals surface area contributed by atoms with Crippen molar-refractivity contribution in [2.24, 2.45) is 0 Å². The van der Waals surface area contributed by atoms with Gasteiger partial charge in [-0.2, -0.15) is 13.2 Å². The van der Waals surface area contributed by atoms with Crippen molar-refractivity contribution in [1.29, 1.82) is 0 Å². The largest absolute Gasteiger partial charge is 0.471 e. The summed E-state index contributed by atoms with van der Waals surface area (Å²) >= 11 is 0. The number of nitrogens with zero attached hydrogens (tertiary/aromatic N) is 2. The minimum absolute atomic E-state index is 0.0703. The number of aliphatic hydroxyl groups is 1. The van der Waals surface area contributed by atoms with Crippen LogP contribution in [0.4, 0.5) is 18.9 Å². The minimum Gasteiger partial charge on any atom is -0.392 e. The SMILES string of the molecule is CC(c1ccc2ccccc2c1)N(C)CC1CC(c2ccc(CO)cc2)OC(c2cccc(NC(=O)C3CCCN3C(=O)C(F)(F)F)c2)O1. The van der Waals surface area contributed by atoms with Crippen molar-refractivity contribution in [2.45, 2.75) is 69.6 Å². The summed E-state index contributed by atoms with van der Waals surface area (Å²) in [5, 5.41) is 14.6. The van der Waals surface area contributed by atoms with Crippen LogP contribution in [0.2, 0.25) is 0 Å². The summed E-state index contributed by atoms with van der Waals surface area (Å²) < 4.78 is 52.5. The number of likely N-dealkylation sites (N-methyl/N-ethyl adjacent to an activating group) is 1. The molecule has 11 heteroatoms. The first-order chi connectivity index (χ1) is 23.5. The highest BCUT2D eigenvalue weighted by atomic mass is 19.4. The molecule has 2 saturated heterocycles. The van der Waals surface area contributed by atoms with Crippen molar-refractivity contribution in [3.63, 3.8) is 0 Å². The van der Waals surface area contributed by atoms with E-state index < -0.39 is 30.3 Å². The van der Waals surface area contributed by atoms with Crippen molar-refractivity contribution >= 4 is 28.3 Å². The quantitative estimate of drug-likeness (QED) is 0.198. The molecule has 0 spiro atoms. The van der Waals surface area contributed by atoms with Crippen molar-refractivity contribution in [1.82, 2.24) is 9.80 Å².